The lowest BCUT2D eigenvalue weighted by Crippen LogP contribution is -2.32. The molecule has 0 saturated heterocycles. The first-order valence-electron chi connectivity index (χ1n) is 5.56. The molecule has 0 spiro atoms. The van der Waals surface area contributed by atoms with E-state index >= 15 is 0 Å². The molecule has 0 radical (unpaired) electrons. The summed E-state index contributed by atoms with van der Waals surface area (Å²) in [6, 6.07) is 0.128. The van der Waals surface area contributed by atoms with Crippen LogP contribution in [0.5, 0.6) is 0 Å². The van der Waals surface area contributed by atoms with Crippen LogP contribution in [0.1, 0.15) is 26.7 Å². The Morgan fingerprint density at radius 3 is 2.47 bits per heavy atom. The zero-order valence-electron chi connectivity index (χ0n) is 10.6. The van der Waals surface area contributed by atoms with Crippen molar-refractivity contribution in [3.05, 3.63) is 0 Å². The minimum absolute atomic E-state index is 0.128. The second-order valence-corrected chi connectivity index (χ2v) is 6.15. The topological polar surface area (TPSA) is 98.5 Å². The summed E-state index contributed by atoms with van der Waals surface area (Å²) in [5.41, 5.74) is 5.83. The lowest BCUT2D eigenvalue weighted by atomic mass is 10.0. The number of nitrogens with two attached hydrogens (primary N) is 1. The van der Waals surface area contributed by atoms with E-state index in [2.05, 4.69) is 0 Å². The number of ether oxygens (including phenoxy) is 1. The highest BCUT2D eigenvalue weighted by Gasteiger charge is 2.09. The van der Waals surface area contributed by atoms with Gasteiger partial charge in [0.15, 0.2) is 0 Å². The Morgan fingerprint density at radius 2 is 2.00 bits per heavy atom. The highest BCUT2D eigenvalue weighted by atomic mass is 32.2. The molecule has 0 bridgehead atoms. The van der Waals surface area contributed by atoms with E-state index in [-0.39, 0.29) is 12.6 Å². The van der Waals surface area contributed by atoms with E-state index in [0.717, 1.165) is 19.1 Å². The normalized spacial score (nSPS) is 13.7. The lowest BCUT2D eigenvalue weighted by molar-refractivity contribution is -0.123. The molecule has 0 saturated carbocycles. The molecule has 0 heterocycles. The Labute approximate surface area is 103 Å². The van der Waals surface area contributed by atoms with Crippen molar-refractivity contribution in [2.45, 2.75) is 32.7 Å². The Bertz CT molecular complexity index is 327. The Balaban J connectivity index is 3.56. The molecule has 1 unspecified atom stereocenters. The van der Waals surface area contributed by atoms with Gasteiger partial charge in [-0.2, -0.15) is 0 Å². The van der Waals surface area contributed by atoms with Crippen molar-refractivity contribution in [2.75, 3.05) is 19.5 Å². The smallest absolute Gasteiger partial charge is 0.259 e. The van der Waals surface area contributed by atoms with E-state index in [1.807, 2.05) is 18.6 Å². The van der Waals surface area contributed by atoms with E-state index < -0.39 is 15.9 Å². The molecule has 0 aliphatic heterocycles. The summed E-state index contributed by atoms with van der Waals surface area (Å²) in [7, 11) is -3.49. The van der Waals surface area contributed by atoms with Gasteiger partial charge in [0, 0.05) is 12.6 Å². The van der Waals surface area contributed by atoms with Gasteiger partial charge in [0.25, 0.3) is 5.91 Å². The molecule has 102 valence electrons. The average Bonchev–Trinajstić information content (AvgIpc) is 2.13. The summed E-state index contributed by atoms with van der Waals surface area (Å²) in [6.45, 7) is 4.25. The zero-order chi connectivity index (χ0) is 13.5. The minimum atomic E-state index is -3.49. The van der Waals surface area contributed by atoms with Crippen LogP contribution in [0.15, 0.2) is 0 Å². The number of hydrogen-bond acceptors (Lipinski definition) is 5. The quantitative estimate of drug-likeness (QED) is 0.595. The van der Waals surface area contributed by atoms with E-state index in [1.54, 1.807) is 0 Å². The molecule has 0 aliphatic rings. The Morgan fingerprint density at radius 1 is 1.41 bits per heavy atom. The van der Waals surface area contributed by atoms with Crippen molar-refractivity contribution < 1.29 is 17.9 Å². The number of hydrogen-bond donors (Lipinski definition) is 2. The maximum atomic E-state index is 11.0. The van der Waals surface area contributed by atoms with Crippen molar-refractivity contribution in [1.29, 1.82) is 0 Å². The number of nitrogens with one attached hydrogen (secondary N) is 1. The average molecular weight is 266 g/mol. The van der Waals surface area contributed by atoms with Crippen molar-refractivity contribution in [3.63, 3.8) is 0 Å². The van der Waals surface area contributed by atoms with Gasteiger partial charge in [-0.25, -0.2) is 8.42 Å². The summed E-state index contributed by atoms with van der Waals surface area (Å²) < 4.78 is 28.2. The van der Waals surface area contributed by atoms with Gasteiger partial charge >= 0.3 is 0 Å². The summed E-state index contributed by atoms with van der Waals surface area (Å²) in [6.07, 6.45) is 2.50. The molecule has 0 rings (SSSR count). The van der Waals surface area contributed by atoms with Gasteiger partial charge in [0.2, 0.25) is 10.0 Å². The van der Waals surface area contributed by atoms with Crippen LogP contribution in [-0.2, 0) is 19.6 Å². The zero-order valence-corrected chi connectivity index (χ0v) is 11.4. The van der Waals surface area contributed by atoms with Gasteiger partial charge in [0.1, 0.15) is 6.61 Å². The van der Waals surface area contributed by atoms with Gasteiger partial charge in [-0.05, 0) is 18.8 Å². The van der Waals surface area contributed by atoms with Crippen molar-refractivity contribution in [3.8, 4) is 0 Å². The van der Waals surface area contributed by atoms with Gasteiger partial charge in [0.05, 0.1) is 6.26 Å². The van der Waals surface area contributed by atoms with Crippen LogP contribution < -0.4 is 10.5 Å². The summed E-state index contributed by atoms with van der Waals surface area (Å²) >= 11 is 0. The first kappa shape index (κ1) is 16.3. The number of carbonyl (C=O) groups is 1. The van der Waals surface area contributed by atoms with Crippen LogP contribution in [0.3, 0.4) is 0 Å². The van der Waals surface area contributed by atoms with Crippen molar-refractivity contribution >= 4 is 15.9 Å². The third-order valence-electron chi connectivity index (χ3n) is 2.21. The predicted octanol–water partition coefficient (Wildman–Crippen LogP) is -0.158. The fourth-order valence-electron chi connectivity index (χ4n) is 1.16. The summed E-state index contributed by atoms with van der Waals surface area (Å²) in [5, 5.41) is 0. The lowest BCUT2D eigenvalue weighted by Gasteiger charge is -2.14. The molecule has 0 aromatic carbocycles. The Hall–Kier alpha value is -0.660. The van der Waals surface area contributed by atoms with E-state index in [9.17, 15) is 13.2 Å². The molecule has 0 fully saturated rings. The molecule has 17 heavy (non-hydrogen) atoms. The highest BCUT2D eigenvalue weighted by Crippen LogP contribution is 2.05. The maximum Gasteiger partial charge on any atom is 0.259 e. The predicted molar refractivity (Wildman–Crippen MR) is 65.9 cm³/mol. The highest BCUT2D eigenvalue weighted by molar-refractivity contribution is 7.89. The molecule has 0 aliphatic carbocycles. The van der Waals surface area contributed by atoms with Crippen LogP contribution in [0.4, 0.5) is 0 Å². The number of carbonyl (C=O) groups excluding carboxylic acids is 1. The summed E-state index contributed by atoms with van der Waals surface area (Å²) in [5.74, 6) is -0.232. The van der Waals surface area contributed by atoms with Crippen LogP contribution in [0, 0.1) is 5.92 Å². The minimum Gasteiger partial charge on any atom is -0.372 e. The van der Waals surface area contributed by atoms with Gasteiger partial charge in [-0.3, -0.25) is 9.52 Å². The Kier molecular flexibility index (Phi) is 7.33. The van der Waals surface area contributed by atoms with E-state index in [1.165, 1.54) is 0 Å². The second-order valence-electron chi connectivity index (χ2n) is 4.40. The molecule has 0 aromatic rings. The third kappa shape index (κ3) is 10.2. The van der Waals surface area contributed by atoms with Gasteiger partial charge in [-0.1, -0.05) is 13.8 Å². The maximum absolute atomic E-state index is 11.0. The SMILES string of the molecule is CC(C)C(N)CCCOCC(=O)NS(C)(=O)=O. The molecular weight excluding hydrogens is 244 g/mol. The molecule has 1 amide bonds. The number of amides is 1. The molecule has 3 N–H and O–H groups in total. The first-order chi connectivity index (χ1) is 7.72. The van der Waals surface area contributed by atoms with Crippen LogP contribution in [0.25, 0.3) is 0 Å². The number of sulfonamides is 1. The molecule has 7 heteroatoms. The van der Waals surface area contributed by atoms with Crippen LogP contribution >= 0.6 is 0 Å². The van der Waals surface area contributed by atoms with Crippen LogP contribution in [0.2, 0.25) is 0 Å². The largest absolute Gasteiger partial charge is 0.372 e. The van der Waals surface area contributed by atoms with Gasteiger partial charge < -0.3 is 10.5 Å². The number of rotatable bonds is 8. The van der Waals surface area contributed by atoms with Crippen molar-refractivity contribution in [2.24, 2.45) is 11.7 Å². The molecule has 0 aromatic heterocycles. The standard InChI is InChI=1S/C10H22N2O4S/c1-8(2)9(11)5-4-6-16-7-10(13)12-17(3,14)15/h8-9H,4-7,11H2,1-3H3,(H,12,13). The molecular formula is C10H22N2O4S. The van der Waals surface area contributed by atoms with E-state index in [0.29, 0.717) is 12.5 Å². The fraction of sp³-hybridized carbons (Fsp3) is 0.900. The molecule has 6 nitrogen and oxygen atoms in total. The molecule has 1 atom stereocenters. The van der Waals surface area contributed by atoms with E-state index in [4.69, 9.17) is 10.5 Å². The third-order valence-corrected chi connectivity index (χ3v) is 2.81. The second kappa shape index (κ2) is 7.62. The van der Waals surface area contributed by atoms with Crippen LogP contribution in [-0.4, -0.2) is 39.8 Å². The summed E-state index contributed by atoms with van der Waals surface area (Å²) in [4.78, 5) is 11.0. The first-order valence-corrected chi connectivity index (χ1v) is 7.45. The van der Waals surface area contributed by atoms with Crippen molar-refractivity contribution in [1.82, 2.24) is 4.72 Å². The monoisotopic (exact) mass is 266 g/mol. The van der Waals surface area contributed by atoms with Gasteiger partial charge in [-0.15, -0.1) is 0 Å². The fourth-order valence-corrected chi connectivity index (χ4v) is 1.63.